The normalized spacial score (nSPS) is 10.4. The van der Waals surface area contributed by atoms with Crippen molar-refractivity contribution in [1.29, 1.82) is 0 Å². The van der Waals surface area contributed by atoms with Gasteiger partial charge in [-0.1, -0.05) is 30.3 Å². The second-order valence-corrected chi connectivity index (χ2v) is 5.41. The molecule has 1 aromatic carbocycles. The molecule has 4 nitrogen and oxygen atoms in total. The highest BCUT2D eigenvalue weighted by molar-refractivity contribution is 5.94. The predicted octanol–water partition coefficient (Wildman–Crippen LogP) is 3.59. The highest BCUT2D eigenvalue weighted by Crippen LogP contribution is 2.18. The third-order valence-electron chi connectivity index (χ3n) is 3.98. The average molecular weight is 311 g/mol. The van der Waals surface area contributed by atoms with Gasteiger partial charge in [0.05, 0.1) is 17.4 Å². The molecule has 4 heteroatoms. The van der Waals surface area contributed by atoms with E-state index in [1.165, 1.54) is 5.56 Å². The summed E-state index contributed by atoms with van der Waals surface area (Å²) < 4.78 is 0. The maximum Gasteiger partial charge on any atom is 0.255 e. The van der Waals surface area contributed by atoms with Crippen LogP contribution in [0.15, 0.2) is 48.8 Å². The number of rotatable bonds is 7. The zero-order valence-corrected chi connectivity index (χ0v) is 14.2. The van der Waals surface area contributed by atoms with Crippen molar-refractivity contribution in [3.8, 4) is 0 Å². The summed E-state index contributed by atoms with van der Waals surface area (Å²) in [5.74, 6) is 0.0418. The molecule has 0 N–H and O–H groups in total. The van der Waals surface area contributed by atoms with Gasteiger partial charge < -0.3 is 9.80 Å². The maximum absolute atomic E-state index is 12.5. The fourth-order valence-electron chi connectivity index (χ4n) is 2.60. The molecule has 1 heterocycles. The van der Waals surface area contributed by atoms with E-state index in [9.17, 15) is 4.79 Å². The second-order valence-electron chi connectivity index (χ2n) is 5.41. The monoisotopic (exact) mass is 311 g/mol. The molecule has 0 atom stereocenters. The first kappa shape index (κ1) is 17.0. The van der Waals surface area contributed by atoms with Crippen LogP contribution in [-0.4, -0.2) is 35.4 Å². The van der Waals surface area contributed by atoms with Crippen molar-refractivity contribution in [3.05, 3.63) is 59.9 Å². The molecule has 0 saturated heterocycles. The molecule has 2 aromatic rings. The number of aromatic nitrogens is 1. The molecule has 0 aliphatic rings. The quantitative estimate of drug-likeness (QED) is 0.784. The molecule has 0 aliphatic heterocycles. The Morgan fingerprint density at radius 2 is 1.70 bits per heavy atom. The van der Waals surface area contributed by atoms with Crippen molar-refractivity contribution >= 4 is 11.6 Å². The number of nitrogens with zero attached hydrogens (tertiary/aromatic N) is 3. The van der Waals surface area contributed by atoms with Gasteiger partial charge in [0.25, 0.3) is 5.91 Å². The summed E-state index contributed by atoms with van der Waals surface area (Å²) in [7, 11) is 0. The molecule has 0 fully saturated rings. The van der Waals surface area contributed by atoms with Crippen LogP contribution in [0.4, 0.5) is 5.69 Å². The number of carbonyl (C=O) groups is 1. The van der Waals surface area contributed by atoms with Crippen LogP contribution in [-0.2, 0) is 6.54 Å². The Morgan fingerprint density at radius 1 is 1.00 bits per heavy atom. The lowest BCUT2D eigenvalue weighted by Gasteiger charge is -2.24. The fraction of sp³-hybridized carbons (Fsp3) is 0.368. The van der Waals surface area contributed by atoms with Crippen LogP contribution in [0.3, 0.4) is 0 Å². The number of hydrogen-bond donors (Lipinski definition) is 0. The molecule has 0 spiro atoms. The number of pyridine rings is 1. The van der Waals surface area contributed by atoms with E-state index < -0.39 is 0 Å². The zero-order chi connectivity index (χ0) is 16.7. The van der Waals surface area contributed by atoms with E-state index in [-0.39, 0.29) is 5.91 Å². The number of hydrogen-bond acceptors (Lipinski definition) is 3. The van der Waals surface area contributed by atoms with Crippen molar-refractivity contribution in [3.63, 3.8) is 0 Å². The van der Waals surface area contributed by atoms with Crippen molar-refractivity contribution in [1.82, 2.24) is 9.88 Å². The lowest BCUT2D eigenvalue weighted by molar-refractivity contribution is 0.0772. The van der Waals surface area contributed by atoms with E-state index >= 15 is 0 Å². The van der Waals surface area contributed by atoms with Gasteiger partial charge in [-0.2, -0.15) is 0 Å². The van der Waals surface area contributed by atoms with Gasteiger partial charge in [-0.25, -0.2) is 0 Å². The van der Waals surface area contributed by atoms with Crippen molar-refractivity contribution in [2.24, 2.45) is 0 Å². The smallest absolute Gasteiger partial charge is 0.255 e. The SMILES string of the molecule is CCN(CC)C(=O)c1cncc(N(CC)Cc2ccccc2)c1. The van der Waals surface area contributed by atoms with Crippen LogP contribution < -0.4 is 4.90 Å². The predicted molar refractivity (Wildman–Crippen MR) is 94.7 cm³/mol. The minimum atomic E-state index is 0.0418. The van der Waals surface area contributed by atoms with Crippen molar-refractivity contribution in [2.45, 2.75) is 27.3 Å². The van der Waals surface area contributed by atoms with Gasteiger partial charge in [-0.3, -0.25) is 9.78 Å². The lowest BCUT2D eigenvalue weighted by atomic mass is 10.2. The lowest BCUT2D eigenvalue weighted by Crippen LogP contribution is -2.31. The number of carbonyl (C=O) groups excluding carboxylic acids is 1. The molecule has 122 valence electrons. The Kier molecular flexibility index (Phi) is 6.15. The Bertz CT molecular complexity index is 624. The Labute approximate surface area is 138 Å². The summed E-state index contributed by atoms with van der Waals surface area (Å²) in [5, 5.41) is 0. The Hall–Kier alpha value is -2.36. The van der Waals surface area contributed by atoms with E-state index in [1.807, 2.05) is 49.2 Å². The first-order valence-corrected chi connectivity index (χ1v) is 8.22. The van der Waals surface area contributed by atoms with Gasteiger partial charge >= 0.3 is 0 Å². The summed E-state index contributed by atoms with van der Waals surface area (Å²) in [6.45, 7) is 9.18. The minimum Gasteiger partial charge on any atom is -0.366 e. The van der Waals surface area contributed by atoms with E-state index in [0.717, 1.165) is 18.8 Å². The molecule has 0 radical (unpaired) electrons. The number of benzene rings is 1. The summed E-state index contributed by atoms with van der Waals surface area (Å²) in [4.78, 5) is 20.8. The standard InChI is InChI=1S/C19H25N3O/c1-4-21(5-2)19(23)17-12-18(14-20-13-17)22(6-3)15-16-10-8-7-9-11-16/h7-14H,4-6,15H2,1-3H3. The van der Waals surface area contributed by atoms with Gasteiger partial charge in [0.2, 0.25) is 0 Å². The minimum absolute atomic E-state index is 0.0418. The van der Waals surface area contributed by atoms with Gasteiger partial charge in [0.1, 0.15) is 0 Å². The third kappa shape index (κ3) is 4.31. The molecule has 2 rings (SSSR count). The molecule has 23 heavy (non-hydrogen) atoms. The fourth-order valence-corrected chi connectivity index (χ4v) is 2.60. The third-order valence-corrected chi connectivity index (χ3v) is 3.98. The van der Waals surface area contributed by atoms with Crippen LogP contribution in [0.25, 0.3) is 0 Å². The first-order chi connectivity index (χ1) is 11.2. The molecule has 1 aromatic heterocycles. The highest BCUT2D eigenvalue weighted by atomic mass is 16.2. The Morgan fingerprint density at radius 3 is 2.30 bits per heavy atom. The number of amides is 1. The molecular formula is C19H25N3O. The van der Waals surface area contributed by atoms with E-state index in [4.69, 9.17) is 0 Å². The summed E-state index contributed by atoms with van der Waals surface area (Å²) in [5.41, 5.74) is 2.88. The van der Waals surface area contributed by atoms with Gasteiger partial charge in [-0.15, -0.1) is 0 Å². The molecule has 1 amide bonds. The largest absolute Gasteiger partial charge is 0.366 e. The Balaban J connectivity index is 2.21. The molecular weight excluding hydrogens is 286 g/mol. The van der Waals surface area contributed by atoms with Crippen LogP contribution in [0, 0.1) is 0 Å². The molecule has 0 bridgehead atoms. The van der Waals surface area contributed by atoms with Gasteiger partial charge in [0.15, 0.2) is 0 Å². The van der Waals surface area contributed by atoms with Crippen LogP contribution in [0.2, 0.25) is 0 Å². The van der Waals surface area contributed by atoms with E-state index in [1.54, 1.807) is 6.20 Å². The van der Waals surface area contributed by atoms with Crippen LogP contribution in [0.1, 0.15) is 36.7 Å². The van der Waals surface area contributed by atoms with Crippen LogP contribution in [0.5, 0.6) is 0 Å². The van der Waals surface area contributed by atoms with Crippen LogP contribution >= 0.6 is 0 Å². The maximum atomic E-state index is 12.5. The van der Waals surface area contributed by atoms with Crippen molar-refractivity contribution in [2.75, 3.05) is 24.5 Å². The highest BCUT2D eigenvalue weighted by Gasteiger charge is 2.15. The van der Waals surface area contributed by atoms with Gasteiger partial charge in [0, 0.05) is 32.4 Å². The topological polar surface area (TPSA) is 36.4 Å². The first-order valence-electron chi connectivity index (χ1n) is 8.22. The molecule has 0 aliphatic carbocycles. The molecule has 0 unspecified atom stereocenters. The summed E-state index contributed by atoms with van der Waals surface area (Å²) >= 11 is 0. The summed E-state index contributed by atoms with van der Waals surface area (Å²) in [6, 6.07) is 12.3. The van der Waals surface area contributed by atoms with Gasteiger partial charge in [-0.05, 0) is 32.4 Å². The second kappa shape index (κ2) is 8.32. The zero-order valence-electron chi connectivity index (χ0n) is 14.2. The van der Waals surface area contributed by atoms with E-state index in [2.05, 4.69) is 28.9 Å². The summed E-state index contributed by atoms with van der Waals surface area (Å²) in [6.07, 6.45) is 3.48. The van der Waals surface area contributed by atoms with E-state index in [0.29, 0.717) is 18.7 Å². The average Bonchev–Trinajstić information content (AvgIpc) is 2.61. The van der Waals surface area contributed by atoms with Crippen molar-refractivity contribution < 1.29 is 4.79 Å². The molecule has 0 saturated carbocycles. The number of anilines is 1.